The summed E-state index contributed by atoms with van der Waals surface area (Å²) in [4.78, 5) is 13.7. The van der Waals surface area contributed by atoms with E-state index in [1.165, 1.54) is 0 Å². The molecule has 5 heteroatoms. The van der Waals surface area contributed by atoms with Gasteiger partial charge in [0.1, 0.15) is 0 Å². The average molecular weight is 248 g/mol. The molecule has 0 aliphatic carbocycles. The summed E-state index contributed by atoms with van der Waals surface area (Å²) in [7, 11) is 0. The Bertz CT molecular complexity index is 475. The fourth-order valence-electron chi connectivity index (χ4n) is 2.39. The first-order chi connectivity index (χ1) is 8.74. The van der Waals surface area contributed by atoms with Crippen LogP contribution in [-0.4, -0.2) is 30.2 Å². The number of fused-ring (bicyclic) bond motifs is 1. The number of likely N-dealkylation sites (tertiary alicyclic amines) is 1. The summed E-state index contributed by atoms with van der Waals surface area (Å²) < 4.78 is 10.6. The van der Waals surface area contributed by atoms with Gasteiger partial charge >= 0.3 is 0 Å². The van der Waals surface area contributed by atoms with Gasteiger partial charge in [-0.1, -0.05) is 6.07 Å². The zero-order valence-electron chi connectivity index (χ0n) is 10.1. The molecule has 1 fully saturated rings. The number of hydrogen-bond acceptors (Lipinski definition) is 4. The van der Waals surface area contributed by atoms with Crippen molar-refractivity contribution in [3.63, 3.8) is 0 Å². The maximum Gasteiger partial charge on any atom is 0.239 e. The van der Waals surface area contributed by atoms with Crippen molar-refractivity contribution in [3.8, 4) is 11.5 Å². The minimum absolute atomic E-state index is 0.0407. The van der Waals surface area contributed by atoms with Gasteiger partial charge in [0.2, 0.25) is 12.7 Å². The van der Waals surface area contributed by atoms with Gasteiger partial charge in [0.15, 0.2) is 11.5 Å². The molecule has 0 bridgehead atoms. The van der Waals surface area contributed by atoms with E-state index in [-0.39, 0.29) is 18.7 Å². The van der Waals surface area contributed by atoms with E-state index in [4.69, 9.17) is 15.2 Å². The molecule has 1 aromatic rings. The topological polar surface area (TPSA) is 64.8 Å². The predicted molar refractivity (Wildman–Crippen MR) is 65.2 cm³/mol. The number of carbonyl (C=O) groups is 1. The van der Waals surface area contributed by atoms with Crippen molar-refractivity contribution in [1.82, 2.24) is 4.90 Å². The van der Waals surface area contributed by atoms with Crippen molar-refractivity contribution in [2.75, 3.05) is 13.3 Å². The molecule has 18 heavy (non-hydrogen) atoms. The van der Waals surface area contributed by atoms with E-state index in [0.29, 0.717) is 6.54 Å². The lowest BCUT2D eigenvalue weighted by molar-refractivity contribution is -0.135. The van der Waals surface area contributed by atoms with Crippen LogP contribution in [0.15, 0.2) is 18.2 Å². The first kappa shape index (κ1) is 11.3. The number of ether oxygens (including phenoxy) is 2. The summed E-state index contributed by atoms with van der Waals surface area (Å²) in [6, 6.07) is 5.43. The molecule has 5 nitrogen and oxygen atoms in total. The third-order valence-corrected chi connectivity index (χ3v) is 3.38. The number of rotatable bonds is 2. The van der Waals surface area contributed by atoms with Crippen molar-refractivity contribution < 1.29 is 14.3 Å². The highest BCUT2D eigenvalue weighted by Gasteiger charge is 2.25. The molecule has 2 aliphatic rings. The number of hydrogen-bond donors (Lipinski definition) is 1. The summed E-state index contributed by atoms with van der Waals surface area (Å²) >= 11 is 0. The van der Waals surface area contributed by atoms with Crippen LogP contribution in [0.3, 0.4) is 0 Å². The lowest BCUT2D eigenvalue weighted by Gasteiger charge is -2.30. The van der Waals surface area contributed by atoms with E-state index < -0.39 is 0 Å². The van der Waals surface area contributed by atoms with E-state index in [2.05, 4.69) is 0 Å². The fraction of sp³-hybridized carbons (Fsp3) is 0.462. The first-order valence-electron chi connectivity index (χ1n) is 6.17. The minimum atomic E-state index is -0.340. The maximum absolute atomic E-state index is 11.9. The van der Waals surface area contributed by atoms with Crippen LogP contribution >= 0.6 is 0 Å². The third-order valence-electron chi connectivity index (χ3n) is 3.38. The van der Waals surface area contributed by atoms with Gasteiger partial charge < -0.3 is 20.1 Å². The second-order valence-corrected chi connectivity index (χ2v) is 4.70. The van der Waals surface area contributed by atoms with Gasteiger partial charge in [-0.15, -0.1) is 0 Å². The van der Waals surface area contributed by atoms with Gasteiger partial charge in [-0.3, -0.25) is 4.79 Å². The summed E-state index contributed by atoms with van der Waals surface area (Å²) in [5, 5.41) is 0. The van der Waals surface area contributed by atoms with Gasteiger partial charge in [-0.05, 0) is 30.5 Å². The monoisotopic (exact) mass is 248 g/mol. The molecule has 2 heterocycles. The van der Waals surface area contributed by atoms with Crippen molar-refractivity contribution in [2.24, 2.45) is 5.73 Å². The van der Waals surface area contributed by atoms with Crippen LogP contribution in [0.5, 0.6) is 11.5 Å². The lowest BCUT2D eigenvalue weighted by Crippen LogP contribution is -2.47. The van der Waals surface area contributed by atoms with Gasteiger partial charge in [-0.25, -0.2) is 0 Å². The van der Waals surface area contributed by atoms with E-state index >= 15 is 0 Å². The van der Waals surface area contributed by atoms with E-state index in [1.54, 1.807) is 0 Å². The van der Waals surface area contributed by atoms with Gasteiger partial charge in [0, 0.05) is 13.1 Å². The molecule has 1 saturated heterocycles. The SMILES string of the molecule is NC1CCCN(Cc2ccc3c(c2)OCO3)C1=O. The Morgan fingerprint density at radius 2 is 2.17 bits per heavy atom. The molecule has 0 radical (unpaired) electrons. The van der Waals surface area contributed by atoms with Gasteiger partial charge in [0.25, 0.3) is 0 Å². The molecule has 0 spiro atoms. The molecule has 2 N–H and O–H groups in total. The Morgan fingerprint density at radius 1 is 1.33 bits per heavy atom. The highest BCUT2D eigenvalue weighted by molar-refractivity contribution is 5.82. The number of benzene rings is 1. The third kappa shape index (κ3) is 2.01. The van der Waals surface area contributed by atoms with Crippen LogP contribution in [-0.2, 0) is 11.3 Å². The number of nitrogens with two attached hydrogens (primary N) is 1. The van der Waals surface area contributed by atoms with Crippen LogP contribution in [0, 0.1) is 0 Å². The molecular weight excluding hydrogens is 232 g/mol. The average Bonchev–Trinajstić information content (AvgIpc) is 2.82. The molecular formula is C13H16N2O3. The van der Waals surface area contributed by atoms with Crippen molar-refractivity contribution in [2.45, 2.75) is 25.4 Å². The Balaban J connectivity index is 1.74. The summed E-state index contributed by atoms with van der Waals surface area (Å²) in [5.74, 6) is 1.56. The van der Waals surface area contributed by atoms with Gasteiger partial charge in [0.05, 0.1) is 6.04 Å². The second-order valence-electron chi connectivity index (χ2n) is 4.70. The Morgan fingerprint density at radius 3 is 3.06 bits per heavy atom. The quantitative estimate of drug-likeness (QED) is 0.843. The number of carbonyl (C=O) groups excluding carboxylic acids is 1. The highest BCUT2D eigenvalue weighted by Crippen LogP contribution is 2.33. The van der Waals surface area contributed by atoms with E-state index in [9.17, 15) is 4.79 Å². The van der Waals surface area contributed by atoms with Crippen LogP contribution < -0.4 is 15.2 Å². The molecule has 1 atom stereocenters. The number of amides is 1. The van der Waals surface area contributed by atoms with E-state index in [1.807, 2.05) is 23.1 Å². The smallest absolute Gasteiger partial charge is 0.239 e. The Labute approximate surface area is 105 Å². The normalized spacial score (nSPS) is 22.4. The largest absolute Gasteiger partial charge is 0.454 e. The van der Waals surface area contributed by atoms with Crippen LogP contribution in [0.1, 0.15) is 18.4 Å². The van der Waals surface area contributed by atoms with Crippen LogP contribution in [0.4, 0.5) is 0 Å². The predicted octanol–water partition coefficient (Wildman–Crippen LogP) is 0.865. The molecule has 1 aromatic carbocycles. The van der Waals surface area contributed by atoms with Crippen molar-refractivity contribution >= 4 is 5.91 Å². The van der Waals surface area contributed by atoms with Crippen molar-refractivity contribution in [1.29, 1.82) is 0 Å². The van der Waals surface area contributed by atoms with Gasteiger partial charge in [-0.2, -0.15) is 0 Å². The number of piperidine rings is 1. The molecule has 1 unspecified atom stereocenters. The number of nitrogens with zero attached hydrogens (tertiary/aromatic N) is 1. The minimum Gasteiger partial charge on any atom is -0.454 e. The second kappa shape index (κ2) is 4.49. The molecule has 1 amide bonds. The summed E-state index contributed by atoms with van der Waals surface area (Å²) in [5.41, 5.74) is 6.82. The molecule has 0 saturated carbocycles. The molecule has 96 valence electrons. The summed E-state index contributed by atoms with van der Waals surface area (Å²) in [6.45, 7) is 1.64. The molecule has 2 aliphatic heterocycles. The maximum atomic E-state index is 11.9. The Kier molecular flexibility index (Phi) is 2.83. The highest BCUT2D eigenvalue weighted by atomic mass is 16.7. The fourth-order valence-corrected chi connectivity index (χ4v) is 2.39. The Hall–Kier alpha value is -1.75. The standard InChI is InChI=1S/C13H16N2O3/c14-10-2-1-5-15(13(10)16)7-9-3-4-11-12(6-9)18-8-17-11/h3-4,6,10H,1-2,5,7-8,14H2. The summed E-state index contributed by atoms with van der Waals surface area (Å²) in [6.07, 6.45) is 1.76. The molecule has 3 rings (SSSR count). The molecule has 0 aromatic heterocycles. The van der Waals surface area contributed by atoms with Crippen LogP contribution in [0.25, 0.3) is 0 Å². The zero-order chi connectivity index (χ0) is 12.5. The van der Waals surface area contributed by atoms with E-state index in [0.717, 1.165) is 36.4 Å². The van der Waals surface area contributed by atoms with Crippen LogP contribution in [0.2, 0.25) is 0 Å². The first-order valence-corrected chi connectivity index (χ1v) is 6.17. The van der Waals surface area contributed by atoms with Crippen molar-refractivity contribution in [3.05, 3.63) is 23.8 Å². The zero-order valence-corrected chi connectivity index (χ0v) is 10.1. The lowest BCUT2D eigenvalue weighted by atomic mass is 10.0.